The highest BCUT2D eigenvalue weighted by molar-refractivity contribution is 6.29. The highest BCUT2D eigenvalue weighted by atomic mass is 35.5. The number of nitrogens with zero attached hydrogens (tertiary/aromatic N) is 3. The molecule has 2 aromatic heterocycles. The van der Waals surface area contributed by atoms with Crippen LogP contribution in [0.5, 0.6) is 0 Å². The zero-order chi connectivity index (χ0) is 12.6. The topological polar surface area (TPSA) is 47.3 Å². The monoisotopic (exact) mass is 263 g/mol. The van der Waals surface area contributed by atoms with Crippen LogP contribution in [-0.4, -0.2) is 26.6 Å². The van der Waals surface area contributed by atoms with E-state index in [1.54, 1.807) is 0 Å². The van der Waals surface area contributed by atoms with Gasteiger partial charge in [0.2, 0.25) is 5.78 Å². The van der Waals surface area contributed by atoms with Crippen molar-refractivity contribution in [2.24, 2.45) is 0 Å². The van der Waals surface area contributed by atoms with Gasteiger partial charge in [0.1, 0.15) is 5.15 Å². The maximum Gasteiger partial charge on any atom is 0.450 e. The Kier molecular flexibility index (Phi) is 2.78. The molecule has 0 amide bonds. The van der Waals surface area contributed by atoms with E-state index in [0.29, 0.717) is 5.65 Å². The molecule has 17 heavy (non-hydrogen) atoms. The molecule has 90 valence electrons. The van der Waals surface area contributed by atoms with Gasteiger partial charge in [0.15, 0.2) is 5.65 Å². The number of ketones is 1. The predicted octanol–water partition coefficient (Wildman–Crippen LogP) is 2.06. The molecule has 0 unspecified atom stereocenters. The third-order valence-corrected chi connectivity index (χ3v) is 2.20. The maximum atomic E-state index is 12.0. The van der Waals surface area contributed by atoms with Crippen LogP contribution in [0.15, 0.2) is 18.3 Å². The number of fused-ring (bicyclic) bond motifs is 1. The lowest BCUT2D eigenvalue weighted by atomic mass is 10.2. The van der Waals surface area contributed by atoms with Crippen LogP contribution < -0.4 is 0 Å². The molecule has 8 heteroatoms. The van der Waals surface area contributed by atoms with Crippen molar-refractivity contribution in [2.45, 2.75) is 12.6 Å². The van der Waals surface area contributed by atoms with Gasteiger partial charge in [0.05, 0.1) is 18.3 Å². The molecule has 2 rings (SSSR count). The average molecular weight is 264 g/mol. The van der Waals surface area contributed by atoms with Crippen LogP contribution in [0, 0.1) is 0 Å². The van der Waals surface area contributed by atoms with E-state index in [9.17, 15) is 18.0 Å². The van der Waals surface area contributed by atoms with Gasteiger partial charge in [-0.3, -0.25) is 4.79 Å². The van der Waals surface area contributed by atoms with Crippen LogP contribution in [0.1, 0.15) is 5.69 Å². The van der Waals surface area contributed by atoms with Crippen LogP contribution in [0.2, 0.25) is 5.15 Å². The van der Waals surface area contributed by atoms with Crippen molar-refractivity contribution < 1.29 is 18.0 Å². The van der Waals surface area contributed by atoms with E-state index >= 15 is 0 Å². The Balaban J connectivity index is 2.29. The highest BCUT2D eigenvalue weighted by Crippen LogP contribution is 2.18. The van der Waals surface area contributed by atoms with Gasteiger partial charge in [-0.15, -0.1) is 0 Å². The number of rotatable bonds is 2. The first-order chi connectivity index (χ1) is 7.86. The molecule has 0 aliphatic rings. The number of halogens is 4. The second-order valence-electron chi connectivity index (χ2n) is 3.29. The zero-order valence-electron chi connectivity index (χ0n) is 8.20. The third kappa shape index (κ3) is 2.55. The van der Waals surface area contributed by atoms with Gasteiger partial charge >= 0.3 is 6.18 Å². The van der Waals surface area contributed by atoms with Crippen molar-refractivity contribution >= 4 is 23.0 Å². The molecule has 4 nitrogen and oxygen atoms in total. The zero-order valence-corrected chi connectivity index (χ0v) is 8.96. The molecule has 0 N–H and O–H groups in total. The molecule has 2 heterocycles. The van der Waals surface area contributed by atoms with E-state index in [1.165, 1.54) is 22.8 Å². The summed E-state index contributed by atoms with van der Waals surface area (Å²) in [7, 11) is 0. The summed E-state index contributed by atoms with van der Waals surface area (Å²) in [6.07, 6.45) is -4.41. The third-order valence-electron chi connectivity index (χ3n) is 2.00. The highest BCUT2D eigenvalue weighted by Gasteiger charge is 2.38. The van der Waals surface area contributed by atoms with Crippen molar-refractivity contribution in [3.8, 4) is 0 Å². The molecule has 2 aromatic rings. The van der Waals surface area contributed by atoms with Crippen LogP contribution in [0.4, 0.5) is 13.2 Å². The molecule has 0 saturated heterocycles. The lowest BCUT2D eigenvalue weighted by molar-refractivity contribution is -0.170. The van der Waals surface area contributed by atoms with Gasteiger partial charge in [-0.05, 0) is 12.1 Å². The molecule has 0 aliphatic carbocycles. The van der Waals surface area contributed by atoms with Crippen LogP contribution in [0.3, 0.4) is 0 Å². The van der Waals surface area contributed by atoms with Gasteiger partial charge in [-0.1, -0.05) is 11.6 Å². The lowest BCUT2D eigenvalue weighted by Crippen LogP contribution is -2.24. The number of imidazole rings is 1. The van der Waals surface area contributed by atoms with Crippen molar-refractivity contribution in [1.29, 1.82) is 0 Å². The minimum absolute atomic E-state index is 0.00194. The fourth-order valence-electron chi connectivity index (χ4n) is 1.26. The number of hydrogen-bond donors (Lipinski definition) is 0. The second-order valence-corrected chi connectivity index (χ2v) is 3.68. The number of carbonyl (C=O) groups excluding carboxylic acids is 1. The lowest BCUT2D eigenvalue weighted by Gasteiger charge is -2.01. The number of carbonyl (C=O) groups is 1. The summed E-state index contributed by atoms with van der Waals surface area (Å²) in [4.78, 5) is 14.6. The van der Waals surface area contributed by atoms with Crippen molar-refractivity contribution in [3.63, 3.8) is 0 Å². The van der Waals surface area contributed by atoms with Gasteiger partial charge in [-0.25, -0.2) is 9.50 Å². The van der Waals surface area contributed by atoms with Gasteiger partial charge < -0.3 is 0 Å². The molecular formula is C9H5ClF3N3O. The van der Waals surface area contributed by atoms with E-state index in [-0.39, 0.29) is 10.8 Å². The SMILES string of the molecule is O=C(Cc1cn2nc(Cl)ccc2n1)C(F)(F)F. The van der Waals surface area contributed by atoms with Crippen LogP contribution in [-0.2, 0) is 11.2 Å². The second kappa shape index (κ2) is 3.99. The Morgan fingerprint density at radius 2 is 2.12 bits per heavy atom. The van der Waals surface area contributed by atoms with Crippen molar-refractivity contribution in [2.75, 3.05) is 0 Å². The Hall–Kier alpha value is -1.63. The van der Waals surface area contributed by atoms with E-state index < -0.39 is 18.4 Å². The summed E-state index contributed by atoms with van der Waals surface area (Å²) in [5, 5.41) is 3.98. The standard InChI is InChI=1S/C9H5ClF3N3O/c10-7-1-2-8-14-5(4-16(8)15-7)3-6(17)9(11,12)13/h1-2,4H,3H2. The summed E-state index contributed by atoms with van der Waals surface area (Å²) in [6.45, 7) is 0. The molecule has 0 aromatic carbocycles. The summed E-state index contributed by atoms with van der Waals surface area (Å²) >= 11 is 5.60. The Labute approximate surface area is 98.0 Å². The normalized spacial score (nSPS) is 12.0. The summed E-state index contributed by atoms with van der Waals surface area (Å²) < 4.78 is 37.3. The van der Waals surface area contributed by atoms with Crippen LogP contribution >= 0.6 is 11.6 Å². The summed E-state index contributed by atoms with van der Waals surface area (Å²) in [5.74, 6) is -1.84. The Morgan fingerprint density at radius 1 is 1.41 bits per heavy atom. The smallest absolute Gasteiger partial charge is 0.289 e. The largest absolute Gasteiger partial charge is 0.450 e. The molecule has 0 spiro atoms. The first-order valence-corrected chi connectivity index (χ1v) is 4.85. The number of hydrogen-bond acceptors (Lipinski definition) is 3. The van der Waals surface area contributed by atoms with Crippen molar-refractivity contribution in [1.82, 2.24) is 14.6 Å². The molecule has 0 radical (unpaired) electrons. The molecule has 0 bridgehead atoms. The average Bonchev–Trinajstić information content (AvgIpc) is 2.57. The van der Waals surface area contributed by atoms with Gasteiger partial charge in [-0.2, -0.15) is 18.3 Å². The minimum Gasteiger partial charge on any atom is -0.289 e. The van der Waals surface area contributed by atoms with Crippen LogP contribution in [0.25, 0.3) is 5.65 Å². The van der Waals surface area contributed by atoms with E-state index in [0.717, 1.165) is 0 Å². The van der Waals surface area contributed by atoms with Crippen molar-refractivity contribution in [3.05, 3.63) is 29.2 Å². The Morgan fingerprint density at radius 3 is 2.76 bits per heavy atom. The maximum absolute atomic E-state index is 12.0. The molecule has 0 aliphatic heterocycles. The molecule has 0 fully saturated rings. The fourth-order valence-corrected chi connectivity index (χ4v) is 1.40. The first kappa shape index (κ1) is 11.8. The minimum atomic E-state index is -4.85. The summed E-state index contributed by atoms with van der Waals surface area (Å²) in [5.41, 5.74) is 0.335. The quantitative estimate of drug-likeness (QED) is 0.833. The predicted molar refractivity (Wildman–Crippen MR) is 52.8 cm³/mol. The van der Waals surface area contributed by atoms with E-state index in [1.807, 2.05) is 0 Å². The molecular weight excluding hydrogens is 259 g/mol. The van der Waals surface area contributed by atoms with E-state index in [4.69, 9.17) is 11.6 Å². The van der Waals surface area contributed by atoms with Gasteiger partial charge in [0, 0.05) is 0 Å². The Bertz CT molecular complexity index is 578. The summed E-state index contributed by atoms with van der Waals surface area (Å²) in [6, 6.07) is 2.95. The number of alkyl halides is 3. The fraction of sp³-hybridized carbons (Fsp3) is 0.222. The number of aromatic nitrogens is 3. The number of Topliss-reactive ketones (excluding diaryl/α,β-unsaturated/α-hetero) is 1. The molecule has 0 saturated carbocycles. The molecule has 0 atom stereocenters. The van der Waals surface area contributed by atoms with Gasteiger partial charge in [0.25, 0.3) is 0 Å². The first-order valence-electron chi connectivity index (χ1n) is 4.47. The van der Waals surface area contributed by atoms with E-state index in [2.05, 4.69) is 10.1 Å².